The standard InChI is InChI=1S/C21H35N3O/c1-4-25-18-7-11-21(3,12-8-18)24-13-9-17(10-14-24)23-20-15-16(2)5-6-19(20)22/h5-6,15,17-18,23H,4,7-14,22H2,1-3H3/t18-,21+. The van der Waals surface area contributed by atoms with Crippen LogP contribution >= 0.6 is 0 Å². The van der Waals surface area contributed by atoms with Crippen molar-refractivity contribution in [2.45, 2.75) is 77.0 Å². The molecule has 3 N–H and O–H groups in total. The molecule has 25 heavy (non-hydrogen) atoms. The molecule has 140 valence electrons. The van der Waals surface area contributed by atoms with Gasteiger partial charge in [-0.25, -0.2) is 0 Å². The second kappa shape index (κ2) is 7.96. The molecule has 1 heterocycles. The number of likely N-dealkylation sites (tertiary alicyclic amines) is 1. The molecule has 1 aromatic rings. The van der Waals surface area contributed by atoms with Crippen LogP contribution in [-0.2, 0) is 4.74 Å². The van der Waals surface area contributed by atoms with Crippen molar-refractivity contribution in [3.63, 3.8) is 0 Å². The van der Waals surface area contributed by atoms with Crippen molar-refractivity contribution < 1.29 is 4.74 Å². The van der Waals surface area contributed by atoms with Crippen LogP contribution in [0.2, 0.25) is 0 Å². The highest BCUT2D eigenvalue weighted by molar-refractivity contribution is 5.67. The Morgan fingerprint density at radius 3 is 2.52 bits per heavy atom. The zero-order chi connectivity index (χ0) is 17.9. The Morgan fingerprint density at radius 1 is 1.20 bits per heavy atom. The summed E-state index contributed by atoms with van der Waals surface area (Å²) in [6.07, 6.45) is 7.82. The van der Waals surface area contributed by atoms with E-state index >= 15 is 0 Å². The van der Waals surface area contributed by atoms with Crippen LogP contribution in [-0.4, -0.2) is 42.3 Å². The molecule has 4 heteroatoms. The largest absolute Gasteiger partial charge is 0.397 e. The molecule has 0 spiro atoms. The molecule has 2 fully saturated rings. The molecule has 3 rings (SSSR count). The van der Waals surface area contributed by atoms with E-state index in [4.69, 9.17) is 10.5 Å². The van der Waals surface area contributed by atoms with Gasteiger partial charge in [0.1, 0.15) is 0 Å². The summed E-state index contributed by atoms with van der Waals surface area (Å²) in [5, 5.41) is 3.68. The Kier molecular flexibility index (Phi) is 5.90. The fourth-order valence-electron chi connectivity index (χ4n) is 4.51. The summed E-state index contributed by atoms with van der Waals surface area (Å²) < 4.78 is 5.83. The molecular weight excluding hydrogens is 310 g/mol. The zero-order valence-corrected chi connectivity index (χ0v) is 16.2. The van der Waals surface area contributed by atoms with Gasteiger partial charge in [-0.1, -0.05) is 6.07 Å². The van der Waals surface area contributed by atoms with Crippen molar-refractivity contribution in [1.29, 1.82) is 0 Å². The lowest BCUT2D eigenvalue weighted by Gasteiger charge is -2.48. The molecule has 1 aliphatic heterocycles. The molecule has 0 aromatic heterocycles. The number of nitrogens with one attached hydrogen (secondary N) is 1. The third kappa shape index (κ3) is 4.48. The Balaban J connectivity index is 1.51. The van der Waals surface area contributed by atoms with Gasteiger partial charge in [-0.15, -0.1) is 0 Å². The Morgan fingerprint density at radius 2 is 1.88 bits per heavy atom. The summed E-state index contributed by atoms with van der Waals surface area (Å²) >= 11 is 0. The zero-order valence-electron chi connectivity index (χ0n) is 16.2. The van der Waals surface area contributed by atoms with Crippen molar-refractivity contribution in [3.05, 3.63) is 23.8 Å². The molecule has 1 saturated carbocycles. The van der Waals surface area contributed by atoms with Crippen molar-refractivity contribution in [2.75, 3.05) is 30.7 Å². The molecule has 2 aliphatic rings. The number of anilines is 2. The highest BCUT2D eigenvalue weighted by Crippen LogP contribution is 2.36. The highest BCUT2D eigenvalue weighted by Gasteiger charge is 2.38. The quantitative estimate of drug-likeness (QED) is 0.786. The molecule has 0 atom stereocenters. The fraction of sp³-hybridized carbons (Fsp3) is 0.714. The number of nitrogens with two attached hydrogens (primary N) is 1. The van der Waals surface area contributed by atoms with Crippen LogP contribution in [0.25, 0.3) is 0 Å². The van der Waals surface area contributed by atoms with Crippen LogP contribution < -0.4 is 11.1 Å². The summed E-state index contributed by atoms with van der Waals surface area (Å²) in [4.78, 5) is 2.73. The number of benzene rings is 1. The smallest absolute Gasteiger partial charge is 0.0578 e. The van der Waals surface area contributed by atoms with Gasteiger partial charge in [0, 0.05) is 31.3 Å². The van der Waals surface area contributed by atoms with E-state index in [2.05, 4.69) is 43.1 Å². The minimum Gasteiger partial charge on any atom is -0.397 e. The van der Waals surface area contributed by atoms with Crippen LogP contribution in [0.3, 0.4) is 0 Å². The number of nitrogen functional groups attached to an aromatic ring is 1. The SMILES string of the molecule is CCO[C@H]1CC[C@@](C)(N2CCC(Nc3cc(C)ccc3N)CC2)CC1. The van der Waals surface area contributed by atoms with Gasteiger partial charge < -0.3 is 15.8 Å². The lowest BCUT2D eigenvalue weighted by Crippen LogP contribution is -2.53. The number of aryl methyl sites for hydroxylation is 1. The van der Waals surface area contributed by atoms with E-state index in [0.29, 0.717) is 17.7 Å². The van der Waals surface area contributed by atoms with Gasteiger partial charge in [-0.2, -0.15) is 0 Å². The summed E-state index contributed by atoms with van der Waals surface area (Å²) in [6.45, 7) is 9.89. The second-order valence-electron chi connectivity index (χ2n) is 8.15. The van der Waals surface area contributed by atoms with Crippen molar-refractivity contribution in [3.8, 4) is 0 Å². The van der Waals surface area contributed by atoms with Gasteiger partial charge in [0.15, 0.2) is 0 Å². The van der Waals surface area contributed by atoms with Gasteiger partial charge in [0.2, 0.25) is 0 Å². The lowest BCUT2D eigenvalue weighted by molar-refractivity contribution is -0.0242. The van der Waals surface area contributed by atoms with Crippen LogP contribution in [0.4, 0.5) is 11.4 Å². The molecule has 0 unspecified atom stereocenters. The monoisotopic (exact) mass is 345 g/mol. The summed E-state index contributed by atoms with van der Waals surface area (Å²) in [6, 6.07) is 6.77. The van der Waals surface area contributed by atoms with E-state index in [-0.39, 0.29) is 0 Å². The summed E-state index contributed by atoms with van der Waals surface area (Å²) in [5.41, 5.74) is 9.70. The maximum Gasteiger partial charge on any atom is 0.0578 e. The number of nitrogens with zero attached hydrogens (tertiary/aromatic N) is 1. The molecule has 4 nitrogen and oxygen atoms in total. The Hall–Kier alpha value is -1.26. The summed E-state index contributed by atoms with van der Waals surface area (Å²) in [5.74, 6) is 0. The van der Waals surface area contributed by atoms with Gasteiger partial charge in [0.25, 0.3) is 0 Å². The van der Waals surface area contributed by atoms with Gasteiger partial charge in [0.05, 0.1) is 17.5 Å². The molecular formula is C21H35N3O. The molecule has 0 bridgehead atoms. The highest BCUT2D eigenvalue weighted by atomic mass is 16.5. The number of ether oxygens (including phenoxy) is 1. The third-order valence-corrected chi connectivity index (χ3v) is 6.24. The van der Waals surface area contributed by atoms with E-state index in [1.165, 1.54) is 57.2 Å². The van der Waals surface area contributed by atoms with E-state index < -0.39 is 0 Å². The lowest BCUT2D eigenvalue weighted by atomic mass is 9.79. The minimum atomic E-state index is 0.362. The average Bonchev–Trinajstić information content (AvgIpc) is 2.61. The molecule has 0 radical (unpaired) electrons. The van der Waals surface area contributed by atoms with E-state index in [9.17, 15) is 0 Å². The predicted octanol–water partition coefficient (Wildman–Crippen LogP) is 4.19. The molecule has 0 amide bonds. The van der Waals surface area contributed by atoms with Gasteiger partial charge >= 0.3 is 0 Å². The van der Waals surface area contributed by atoms with Crippen molar-refractivity contribution in [2.24, 2.45) is 0 Å². The Labute approximate surface area is 153 Å². The van der Waals surface area contributed by atoms with Crippen molar-refractivity contribution >= 4 is 11.4 Å². The summed E-state index contributed by atoms with van der Waals surface area (Å²) in [7, 11) is 0. The number of rotatable bonds is 5. The van der Waals surface area contributed by atoms with Crippen LogP contribution in [0.1, 0.15) is 57.9 Å². The first kappa shape index (κ1) is 18.5. The van der Waals surface area contributed by atoms with Crippen LogP contribution in [0.5, 0.6) is 0 Å². The van der Waals surface area contributed by atoms with E-state index in [1.54, 1.807) is 0 Å². The molecule has 1 saturated heterocycles. The van der Waals surface area contributed by atoms with Crippen LogP contribution in [0, 0.1) is 6.92 Å². The van der Waals surface area contributed by atoms with Gasteiger partial charge in [-0.3, -0.25) is 4.90 Å². The number of hydrogen-bond donors (Lipinski definition) is 2. The third-order valence-electron chi connectivity index (χ3n) is 6.24. The molecule has 1 aromatic carbocycles. The van der Waals surface area contributed by atoms with Crippen molar-refractivity contribution in [1.82, 2.24) is 4.90 Å². The topological polar surface area (TPSA) is 50.5 Å². The normalized spacial score (nSPS) is 28.8. The average molecular weight is 346 g/mol. The fourth-order valence-corrected chi connectivity index (χ4v) is 4.51. The first-order valence-electron chi connectivity index (χ1n) is 9.99. The number of hydrogen-bond acceptors (Lipinski definition) is 4. The Bertz CT molecular complexity index is 558. The molecule has 1 aliphatic carbocycles. The second-order valence-corrected chi connectivity index (χ2v) is 8.15. The van der Waals surface area contributed by atoms with Gasteiger partial charge in [-0.05, 0) is 77.0 Å². The first-order chi connectivity index (χ1) is 12.0. The minimum absolute atomic E-state index is 0.362. The predicted molar refractivity (Wildman–Crippen MR) is 106 cm³/mol. The number of piperidine rings is 1. The van der Waals surface area contributed by atoms with Crippen LogP contribution in [0.15, 0.2) is 18.2 Å². The maximum absolute atomic E-state index is 6.12. The van der Waals surface area contributed by atoms with E-state index in [0.717, 1.165) is 18.0 Å². The maximum atomic E-state index is 6.12. The van der Waals surface area contributed by atoms with E-state index in [1.807, 2.05) is 6.07 Å². The first-order valence-corrected chi connectivity index (χ1v) is 9.99.